The Bertz CT molecular complexity index is 1880. The lowest BCUT2D eigenvalue weighted by atomic mass is 9.78. The molecular formula is C39H49FN2O13S. The van der Waals surface area contributed by atoms with Crippen LogP contribution in [0.15, 0.2) is 72.8 Å². The predicted molar refractivity (Wildman–Crippen MR) is 199 cm³/mol. The summed E-state index contributed by atoms with van der Waals surface area (Å²) in [6.07, 6.45) is -6.99. The molecule has 2 heterocycles. The van der Waals surface area contributed by atoms with Crippen molar-refractivity contribution < 1.29 is 67.6 Å². The van der Waals surface area contributed by atoms with Gasteiger partial charge in [-0.15, -0.1) is 0 Å². The summed E-state index contributed by atoms with van der Waals surface area (Å²) in [6.45, 7) is -1.06. The van der Waals surface area contributed by atoms with Crippen LogP contribution in [0, 0.1) is 11.7 Å². The summed E-state index contributed by atoms with van der Waals surface area (Å²) in [5, 5.41) is 71.4. The second-order valence-electron chi connectivity index (χ2n) is 14.5. The van der Waals surface area contributed by atoms with Crippen molar-refractivity contribution in [3.05, 3.63) is 101 Å². The molecule has 17 heteroatoms. The molecule has 306 valence electrons. The first-order valence-electron chi connectivity index (χ1n) is 18.3. The van der Waals surface area contributed by atoms with Gasteiger partial charge in [0.1, 0.15) is 29.7 Å². The van der Waals surface area contributed by atoms with Crippen molar-refractivity contribution in [1.82, 2.24) is 4.72 Å². The third kappa shape index (κ3) is 10.7. The van der Waals surface area contributed by atoms with E-state index in [2.05, 4.69) is 4.72 Å². The number of carboxylic acids is 1. The second kappa shape index (κ2) is 18.6. The van der Waals surface area contributed by atoms with Crippen LogP contribution in [0.1, 0.15) is 60.1 Å². The normalized spacial score (nSPS) is 25.7. The zero-order valence-electron chi connectivity index (χ0n) is 30.7. The summed E-state index contributed by atoms with van der Waals surface area (Å²) >= 11 is 0. The minimum absolute atomic E-state index is 0.0339. The van der Waals surface area contributed by atoms with Gasteiger partial charge >= 0.3 is 5.97 Å². The molecule has 0 saturated carbocycles. The Kier molecular flexibility index (Phi) is 14.4. The van der Waals surface area contributed by atoms with Crippen LogP contribution in [0.25, 0.3) is 0 Å². The number of aliphatic hydroxyl groups is 6. The summed E-state index contributed by atoms with van der Waals surface area (Å²) < 4.78 is 49.1. The van der Waals surface area contributed by atoms with Crippen molar-refractivity contribution in [3.63, 3.8) is 0 Å². The Balaban J connectivity index is 1.26. The summed E-state index contributed by atoms with van der Waals surface area (Å²) in [5.41, 5.74) is 1.88. The molecule has 0 bridgehead atoms. The number of aryl methyl sites for hydroxylation is 2. The van der Waals surface area contributed by atoms with Crippen LogP contribution >= 0.6 is 0 Å². The number of halogens is 1. The van der Waals surface area contributed by atoms with E-state index in [0.29, 0.717) is 37.1 Å². The Morgan fingerprint density at radius 2 is 1.59 bits per heavy atom. The standard InChI is InChI=1S/C39H49FN2O13S/c1-56(52,53)41-20-2-3-23-6-14-28(15-7-23)42-31(29(36(42)48)16-17-30(44)25-10-12-27(40)13-11-25)26-8-4-24(5-9-26)18-19-39(51,21-43)22-54-38-34(47)32(45)33(46)35(55-38)37(49)50/h4-15,29-35,38,41,43-47,51H,2-3,16-22H2,1H3,(H,49,50)/t29-,30+,31-,32+,33+,34-,35+,38-,39?/m1/s1. The van der Waals surface area contributed by atoms with Crippen LogP contribution in [0.3, 0.4) is 0 Å². The molecule has 15 nitrogen and oxygen atoms in total. The zero-order valence-corrected chi connectivity index (χ0v) is 31.5. The number of β-lactam (4-membered cyclic amide) rings is 1. The summed E-state index contributed by atoms with van der Waals surface area (Å²) in [5.74, 6) is -2.63. The monoisotopic (exact) mass is 804 g/mol. The number of hydrogen-bond acceptors (Lipinski definition) is 12. The number of aliphatic hydroxyl groups excluding tert-OH is 5. The van der Waals surface area contributed by atoms with Gasteiger partial charge in [-0.3, -0.25) is 4.79 Å². The molecule has 3 aromatic carbocycles. The number of nitrogens with one attached hydrogen (secondary N) is 1. The maximum Gasteiger partial charge on any atom is 0.335 e. The van der Waals surface area contributed by atoms with Crippen molar-refractivity contribution >= 4 is 27.6 Å². The van der Waals surface area contributed by atoms with E-state index in [0.717, 1.165) is 22.9 Å². The number of sulfonamides is 1. The molecule has 0 aromatic heterocycles. The number of nitrogens with zero attached hydrogens (tertiary/aromatic N) is 1. The zero-order chi connectivity index (χ0) is 40.8. The SMILES string of the molecule is CS(=O)(=O)NCCCc1ccc(N2C(=O)[C@H](CC[C@H](O)c3ccc(F)cc3)[C@H]2c2ccc(CCC(O)(CO)CO[C@@H]3O[C@H](C(=O)O)[C@@H](O)[C@H](O)[C@H]3O)cc2)cc1. The number of amides is 1. The van der Waals surface area contributed by atoms with Gasteiger partial charge in [-0.1, -0.05) is 48.5 Å². The Labute approximate surface area is 324 Å². The molecule has 0 spiro atoms. The molecule has 1 amide bonds. The number of rotatable bonds is 19. The fourth-order valence-electron chi connectivity index (χ4n) is 6.94. The van der Waals surface area contributed by atoms with Gasteiger partial charge in [0.25, 0.3) is 0 Å². The molecule has 8 N–H and O–H groups in total. The largest absolute Gasteiger partial charge is 0.479 e. The van der Waals surface area contributed by atoms with E-state index >= 15 is 0 Å². The average molecular weight is 805 g/mol. The maximum atomic E-state index is 13.7. The Morgan fingerprint density at radius 1 is 0.964 bits per heavy atom. The van der Waals surface area contributed by atoms with Gasteiger partial charge in [0, 0.05) is 12.2 Å². The smallest absolute Gasteiger partial charge is 0.335 e. The van der Waals surface area contributed by atoms with Crippen LogP contribution in [0.2, 0.25) is 0 Å². The van der Waals surface area contributed by atoms with Crippen LogP contribution < -0.4 is 9.62 Å². The van der Waals surface area contributed by atoms with Crippen molar-refractivity contribution in [2.75, 3.05) is 30.9 Å². The van der Waals surface area contributed by atoms with Crippen molar-refractivity contribution in [3.8, 4) is 0 Å². The van der Waals surface area contributed by atoms with E-state index in [1.807, 2.05) is 48.5 Å². The molecule has 2 saturated heterocycles. The lowest BCUT2D eigenvalue weighted by Crippen LogP contribution is -2.61. The van der Waals surface area contributed by atoms with E-state index in [4.69, 9.17) is 9.47 Å². The average Bonchev–Trinajstić information content (AvgIpc) is 3.17. The molecule has 3 aromatic rings. The highest BCUT2D eigenvalue weighted by atomic mass is 32.2. The van der Waals surface area contributed by atoms with E-state index in [9.17, 15) is 58.1 Å². The molecule has 5 rings (SSSR count). The molecule has 1 unspecified atom stereocenters. The third-order valence-corrected chi connectivity index (χ3v) is 11.0. The van der Waals surface area contributed by atoms with Crippen LogP contribution in [0.4, 0.5) is 10.1 Å². The highest BCUT2D eigenvalue weighted by molar-refractivity contribution is 7.88. The first-order valence-corrected chi connectivity index (χ1v) is 20.2. The number of ether oxygens (including phenoxy) is 2. The van der Waals surface area contributed by atoms with Crippen LogP contribution in [0.5, 0.6) is 0 Å². The van der Waals surface area contributed by atoms with Gasteiger partial charge in [0.15, 0.2) is 12.4 Å². The number of carboxylic acid groups (broad SMARTS) is 1. The van der Waals surface area contributed by atoms with Gasteiger partial charge in [0.2, 0.25) is 15.9 Å². The van der Waals surface area contributed by atoms with Gasteiger partial charge in [-0.25, -0.2) is 22.3 Å². The summed E-state index contributed by atoms with van der Waals surface area (Å²) in [4.78, 5) is 26.8. The highest BCUT2D eigenvalue weighted by Crippen LogP contribution is 2.46. The first kappa shape index (κ1) is 43.2. The van der Waals surface area contributed by atoms with Crippen molar-refractivity contribution in [2.45, 2.75) is 87.0 Å². The minimum Gasteiger partial charge on any atom is -0.479 e. The lowest BCUT2D eigenvalue weighted by Gasteiger charge is -2.48. The topological polar surface area (TPSA) is 244 Å². The van der Waals surface area contributed by atoms with E-state index < -0.39 is 89.4 Å². The number of carbonyl (C=O) groups excluding carboxylic acids is 1. The molecule has 2 fully saturated rings. The van der Waals surface area contributed by atoms with Crippen molar-refractivity contribution in [2.24, 2.45) is 5.92 Å². The number of anilines is 1. The molecule has 2 aliphatic rings. The number of benzene rings is 3. The van der Waals surface area contributed by atoms with Gasteiger partial charge in [-0.2, -0.15) is 0 Å². The third-order valence-electron chi connectivity index (χ3n) is 10.3. The van der Waals surface area contributed by atoms with Crippen LogP contribution in [-0.2, 0) is 41.9 Å². The lowest BCUT2D eigenvalue weighted by molar-refractivity contribution is -0.303. The molecule has 56 heavy (non-hydrogen) atoms. The molecule has 9 atom stereocenters. The Morgan fingerprint density at radius 3 is 2.20 bits per heavy atom. The minimum atomic E-state index is -3.28. The van der Waals surface area contributed by atoms with Crippen molar-refractivity contribution in [1.29, 1.82) is 0 Å². The van der Waals surface area contributed by atoms with E-state index in [1.165, 1.54) is 24.3 Å². The predicted octanol–water partition coefficient (Wildman–Crippen LogP) is 1.09. The van der Waals surface area contributed by atoms with Crippen LogP contribution in [-0.4, -0.2) is 118 Å². The van der Waals surface area contributed by atoms with Gasteiger partial charge in [0.05, 0.1) is 37.5 Å². The second-order valence-corrected chi connectivity index (χ2v) is 16.3. The van der Waals surface area contributed by atoms with E-state index in [-0.39, 0.29) is 25.2 Å². The fraction of sp³-hybridized carbons (Fsp3) is 0.487. The summed E-state index contributed by atoms with van der Waals surface area (Å²) in [7, 11) is -3.28. The van der Waals surface area contributed by atoms with Gasteiger partial charge in [-0.05, 0) is 85.0 Å². The Hall–Kier alpha value is -3.88. The fourth-order valence-corrected chi connectivity index (χ4v) is 7.46. The number of hydrogen-bond donors (Lipinski definition) is 8. The molecule has 2 aliphatic heterocycles. The van der Waals surface area contributed by atoms with Gasteiger partial charge < -0.3 is 50.1 Å². The summed E-state index contributed by atoms with van der Waals surface area (Å²) in [6, 6.07) is 19.9. The number of aliphatic carboxylic acids is 1. The first-order chi connectivity index (χ1) is 26.5. The molecular weight excluding hydrogens is 755 g/mol. The quantitative estimate of drug-likeness (QED) is 0.0626. The van der Waals surface area contributed by atoms with E-state index in [1.54, 1.807) is 4.90 Å². The molecule has 0 radical (unpaired) electrons. The molecule has 0 aliphatic carbocycles. The number of carbonyl (C=O) groups is 2. The maximum absolute atomic E-state index is 13.7. The highest BCUT2D eigenvalue weighted by Gasteiger charge is 2.49.